The molecule has 1 aliphatic heterocycles. The third-order valence-corrected chi connectivity index (χ3v) is 4.53. The van der Waals surface area contributed by atoms with E-state index in [0.717, 1.165) is 16.3 Å². The Bertz CT molecular complexity index is 854. The predicted octanol–water partition coefficient (Wildman–Crippen LogP) is 1.75. The number of benzene rings is 2. The molecule has 0 aliphatic carbocycles. The number of nitrogens with zero attached hydrogens (tertiary/aromatic N) is 3. The Morgan fingerprint density at radius 1 is 1.07 bits per heavy atom. The highest BCUT2D eigenvalue weighted by Crippen LogP contribution is 2.19. The van der Waals surface area contributed by atoms with Crippen LogP contribution in [0.25, 0.3) is 10.8 Å². The number of rotatable bonds is 2. The number of nitrogens with two attached hydrogens (primary N) is 1. The summed E-state index contributed by atoms with van der Waals surface area (Å²) in [6.45, 7) is 2.05. The van der Waals surface area contributed by atoms with Crippen molar-refractivity contribution < 1.29 is 14.3 Å². The van der Waals surface area contributed by atoms with E-state index in [-0.39, 0.29) is 18.1 Å². The number of urea groups is 1. The number of amides is 3. The van der Waals surface area contributed by atoms with Crippen LogP contribution in [0.3, 0.4) is 0 Å². The van der Waals surface area contributed by atoms with Crippen LogP contribution < -0.4 is 11.1 Å². The Labute approximate surface area is 157 Å². The molecule has 0 bridgehead atoms. The van der Waals surface area contributed by atoms with Crippen LogP contribution in [0.1, 0.15) is 5.56 Å². The third-order valence-electron chi connectivity index (χ3n) is 4.53. The van der Waals surface area contributed by atoms with Gasteiger partial charge in [-0.1, -0.05) is 42.5 Å². The Kier molecular flexibility index (Phi) is 5.75. The zero-order chi connectivity index (χ0) is 19.2. The molecule has 0 unspecified atom stereocenters. The Balaban J connectivity index is 1.56. The number of aliphatic imine (C=N–C) groups is 1. The molecule has 27 heavy (non-hydrogen) atoms. The Hall–Kier alpha value is -3.29. The van der Waals surface area contributed by atoms with Crippen molar-refractivity contribution in [3.8, 4) is 0 Å². The molecule has 0 spiro atoms. The van der Waals surface area contributed by atoms with Crippen molar-refractivity contribution in [3.05, 3.63) is 48.0 Å². The Morgan fingerprint density at radius 2 is 1.74 bits per heavy atom. The summed E-state index contributed by atoms with van der Waals surface area (Å²) >= 11 is 0. The highest BCUT2D eigenvalue weighted by molar-refractivity contribution is 5.95. The summed E-state index contributed by atoms with van der Waals surface area (Å²) in [5, 5.41) is 4.85. The molecule has 8 heteroatoms. The summed E-state index contributed by atoms with van der Waals surface area (Å²) < 4.78 is 4.68. The molecule has 2 aromatic rings. The monoisotopic (exact) mass is 369 g/mol. The van der Waals surface area contributed by atoms with Gasteiger partial charge in [-0.15, -0.1) is 0 Å². The summed E-state index contributed by atoms with van der Waals surface area (Å²) in [4.78, 5) is 31.2. The number of carbonyl (C=O) groups excluding carboxylic acids is 2. The van der Waals surface area contributed by atoms with Gasteiger partial charge in [0.25, 0.3) is 0 Å². The number of hydrogen-bond donors (Lipinski definition) is 2. The zero-order valence-electron chi connectivity index (χ0n) is 15.2. The van der Waals surface area contributed by atoms with Crippen molar-refractivity contribution in [1.82, 2.24) is 15.1 Å². The molecule has 8 nitrogen and oxygen atoms in total. The molecule has 1 saturated heterocycles. The molecular weight excluding hydrogens is 346 g/mol. The van der Waals surface area contributed by atoms with Gasteiger partial charge in [-0.2, -0.15) is 0 Å². The van der Waals surface area contributed by atoms with Gasteiger partial charge in [0.15, 0.2) is 5.96 Å². The smallest absolute Gasteiger partial charge is 0.409 e. The summed E-state index contributed by atoms with van der Waals surface area (Å²) in [5.41, 5.74) is 6.92. The minimum Gasteiger partial charge on any atom is -0.453 e. The number of piperazine rings is 1. The van der Waals surface area contributed by atoms with Gasteiger partial charge in [0.2, 0.25) is 0 Å². The van der Waals surface area contributed by atoms with Crippen molar-refractivity contribution in [3.63, 3.8) is 0 Å². The fourth-order valence-electron chi connectivity index (χ4n) is 3.05. The number of ether oxygens (including phenoxy) is 1. The molecule has 3 amide bonds. The number of guanidine groups is 1. The van der Waals surface area contributed by atoms with E-state index in [9.17, 15) is 9.59 Å². The number of nitrogens with one attached hydrogen (secondary N) is 1. The van der Waals surface area contributed by atoms with Crippen LogP contribution in [0.2, 0.25) is 0 Å². The van der Waals surface area contributed by atoms with E-state index in [4.69, 9.17) is 5.73 Å². The van der Waals surface area contributed by atoms with E-state index in [2.05, 4.69) is 15.0 Å². The van der Waals surface area contributed by atoms with Gasteiger partial charge < -0.3 is 20.3 Å². The molecule has 1 aliphatic rings. The highest BCUT2D eigenvalue weighted by atomic mass is 16.5. The van der Waals surface area contributed by atoms with E-state index in [1.807, 2.05) is 42.5 Å². The summed E-state index contributed by atoms with van der Waals surface area (Å²) in [5.74, 6) is 0.0725. The molecule has 1 heterocycles. The standard InChI is InChI=1S/C19H23N5O3/c1-27-19(26)24-11-9-23(10-12-24)18(25)22-17(20)21-13-15-7-4-6-14-5-2-3-8-16(14)15/h2-8H,9-13H2,1H3,(H3,20,21,22,25). The lowest BCUT2D eigenvalue weighted by Gasteiger charge is -2.33. The first-order chi connectivity index (χ1) is 13.1. The van der Waals surface area contributed by atoms with Crippen LogP contribution >= 0.6 is 0 Å². The lowest BCUT2D eigenvalue weighted by atomic mass is 10.1. The maximum atomic E-state index is 12.3. The number of fused-ring (bicyclic) bond motifs is 1. The number of methoxy groups -OCH3 is 1. The normalized spacial score (nSPS) is 14.9. The van der Waals surface area contributed by atoms with Gasteiger partial charge in [0.1, 0.15) is 0 Å². The number of carbonyl (C=O) groups is 2. The van der Waals surface area contributed by atoms with E-state index in [1.165, 1.54) is 7.11 Å². The van der Waals surface area contributed by atoms with Gasteiger partial charge in [-0.3, -0.25) is 5.32 Å². The maximum absolute atomic E-state index is 12.3. The number of hydrogen-bond acceptors (Lipinski definition) is 4. The first kappa shape index (κ1) is 18.5. The SMILES string of the molecule is COC(=O)N1CCN(C(=O)NC(N)=NCc2cccc3ccccc23)CC1. The van der Waals surface area contributed by atoms with Crippen LogP contribution in [-0.4, -0.2) is 61.2 Å². The lowest BCUT2D eigenvalue weighted by molar-refractivity contribution is 0.0978. The molecule has 0 aromatic heterocycles. The second kappa shape index (κ2) is 8.39. The highest BCUT2D eigenvalue weighted by Gasteiger charge is 2.24. The predicted molar refractivity (Wildman–Crippen MR) is 103 cm³/mol. The molecule has 142 valence electrons. The van der Waals surface area contributed by atoms with Crippen LogP contribution in [0, 0.1) is 0 Å². The molecule has 3 rings (SSSR count). The van der Waals surface area contributed by atoms with Gasteiger partial charge in [0.05, 0.1) is 13.7 Å². The molecule has 0 saturated carbocycles. The van der Waals surface area contributed by atoms with Crippen molar-refractivity contribution >= 4 is 28.9 Å². The van der Waals surface area contributed by atoms with Crippen molar-refractivity contribution in [2.75, 3.05) is 33.3 Å². The van der Waals surface area contributed by atoms with Crippen molar-refractivity contribution in [1.29, 1.82) is 0 Å². The van der Waals surface area contributed by atoms with Crippen molar-refractivity contribution in [2.24, 2.45) is 10.7 Å². The van der Waals surface area contributed by atoms with Gasteiger partial charge >= 0.3 is 12.1 Å². The topological polar surface area (TPSA) is 100 Å². The lowest BCUT2D eigenvalue weighted by Crippen LogP contribution is -2.54. The van der Waals surface area contributed by atoms with Crippen LogP contribution in [0.15, 0.2) is 47.5 Å². The maximum Gasteiger partial charge on any atom is 0.409 e. The zero-order valence-corrected chi connectivity index (χ0v) is 15.2. The molecule has 0 radical (unpaired) electrons. The summed E-state index contributed by atoms with van der Waals surface area (Å²) in [7, 11) is 1.34. The van der Waals surface area contributed by atoms with E-state index in [1.54, 1.807) is 9.80 Å². The van der Waals surface area contributed by atoms with Crippen LogP contribution in [0.4, 0.5) is 9.59 Å². The quantitative estimate of drug-likeness (QED) is 0.622. The molecular formula is C19H23N5O3. The summed E-state index contributed by atoms with van der Waals surface area (Å²) in [6.07, 6.45) is -0.383. The second-order valence-electron chi connectivity index (χ2n) is 6.21. The average molecular weight is 369 g/mol. The van der Waals surface area contributed by atoms with Crippen LogP contribution in [-0.2, 0) is 11.3 Å². The Morgan fingerprint density at radius 3 is 2.48 bits per heavy atom. The fourth-order valence-corrected chi connectivity index (χ4v) is 3.05. The van der Waals surface area contributed by atoms with Crippen LogP contribution in [0.5, 0.6) is 0 Å². The van der Waals surface area contributed by atoms with Gasteiger partial charge in [-0.25, -0.2) is 14.6 Å². The third kappa shape index (κ3) is 4.46. The van der Waals surface area contributed by atoms with E-state index < -0.39 is 0 Å². The van der Waals surface area contributed by atoms with Gasteiger partial charge in [-0.05, 0) is 16.3 Å². The van der Waals surface area contributed by atoms with Gasteiger partial charge in [0, 0.05) is 26.2 Å². The first-order valence-electron chi connectivity index (χ1n) is 8.74. The van der Waals surface area contributed by atoms with Crippen molar-refractivity contribution in [2.45, 2.75) is 6.54 Å². The minimum absolute atomic E-state index is 0.0725. The van der Waals surface area contributed by atoms with E-state index in [0.29, 0.717) is 32.7 Å². The second-order valence-corrected chi connectivity index (χ2v) is 6.21. The molecule has 2 aromatic carbocycles. The largest absolute Gasteiger partial charge is 0.453 e. The first-order valence-corrected chi connectivity index (χ1v) is 8.74. The van der Waals surface area contributed by atoms with E-state index >= 15 is 0 Å². The minimum atomic E-state index is -0.383. The fraction of sp³-hybridized carbons (Fsp3) is 0.316. The summed E-state index contributed by atoms with van der Waals surface area (Å²) in [6, 6.07) is 13.7. The molecule has 0 atom stereocenters. The average Bonchev–Trinajstić information content (AvgIpc) is 2.71. The molecule has 1 fully saturated rings. The molecule has 3 N–H and O–H groups in total.